The van der Waals surface area contributed by atoms with Crippen LogP contribution in [0.4, 0.5) is 4.39 Å². The zero-order chi connectivity index (χ0) is 17.5. The van der Waals surface area contributed by atoms with Crippen LogP contribution in [-0.4, -0.2) is 48.8 Å². The average Bonchev–Trinajstić information content (AvgIpc) is 2.60. The van der Waals surface area contributed by atoms with E-state index in [0.29, 0.717) is 39.0 Å². The summed E-state index contributed by atoms with van der Waals surface area (Å²) in [4.78, 5) is 36.8. The van der Waals surface area contributed by atoms with Crippen LogP contribution in [0.25, 0.3) is 0 Å². The van der Waals surface area contributed by atoms with Crippen molar-refractivity contribution in [3.05, 3.63) is 35.6 Å². The Kier molecular flexibility index (Phi) is 6.28. The van der Waals surface area contributed by atoms with Gasteiger partial charge in [-0.15, -0.1) is 0 Å². The lowest BCUT2D eigenvalue weighted by Gasteiger charge is -2.32. The van der Waals surface area contributed by atoms with Gasteiger partial charge in [-0.3, -0.25) is 14.4 Å². The van der Waals surface area contributed by atoms with Gasteiger partial charge in [-0.25, -0.2) is 4.39 Å². The van der Waals surface area contributed by atoms with Crippen molar-refractivity contribution in [1.29, 1.82) is 0 Å². The molecular formula is C17H22FN3O3. The SMILES string of the molecule is CCNC(=O)C(=O)NCC1CCN(C(=O)c2ccccc2F)CC1. The molecule has 3 amide bonds. The van der Waals surface area contributed by atoms with Crippen molar-refractivity contribution in [2.24, 2.45) is 5.92 Å². The van der Waals surface area contributed by atoms with Gasteiger partial charge in [-0.1, -0.05) is 12.1 Å². The molecule has 7 heteroatoms. The van der Waals surface area contributed by atoms with Crippen LogP contribution >= 0.6 is 0 Å². The number of carbonyl (C=O) groups is 3. The van der Waals surface area contributed by atoms with Crippen molar-refractivity contribution in [2.75, 3.05) is 26.2 Å². The third-order valence-corrected chi connectivity index (χ3v) is 4.10. The van der Waals surface area contributed by atoms with E-state index in [-0.39, 0.29) is 17.4 Å². The number of rotatable bonds is 4. The minimum absolute atomic E-state index is 0.0838. The van der Waals surface area contributed by atoms with Crippen LogP contribution in [0.2, 0.25) is 0 Å². The van der Waals surface area contributed by atoms with Gasteiger partial charge in [0.05, 0.1) is 5.56 Å². The summed E-state index contributed by atoms with van der Waals surface area (Å²) in [7, 11) is 0. The molecule has 6 nitrogen and oxygen atoms in total. The van der Waals surface area contributed by atoms with E-state index >= 15 is 0 Å². The van der Waals surface area contributed by atoms with Gasteiger partial charge in [0.25, 0.3) is 5.91 Å². The molecule has 0 saturated carbocycles. The van der Waals surface area contributed by atoms with Crippen molar-refractivity contribution in [3.63, 3.8) is 0 Å². The van der Waals surface area contributed by atoms with Gasteiger partial charge in [0.1, 0.15) is 5.82 Å². The van der Waals surface area contributed by atoms with E-state index in [1.54, 1.807) is 24.0 Å². The molecule has 1 aromatic carbocycles. The minimum Gasteiger partial charge on any atom is -0.348 e. The third-order valence-electron chi connectivity index (χ3n) is 4.10. The molecule has 0 radical (unpaired) electrons. The number of nitrogens with zero attached hydrogens (tertiary/aromatic N) is 1. The second-order valence-corrected chi connectivity index (χ2v) is 5.78. The number of benzene rings is 1. The normalized spacial score (nSPS) is 15.0. The summed E-state index contributed by atoms with van der Waals surface area (Å²) in [6, 6.07) is 5.95. The number of amides is 3. The van der Waals surface area contributed by atoms with Crippen LogP contribution in [0.3, 0.4) is 0 Å². The number of hydrogen-bond donors (Lipinski definition) is 2. The molecule has 1 heterocycles. The minimum atomic E-state index is -0.637. The van der Waals surface area contributed by atoms with Crippen LogP contribution in [0.5, 0.6) is 0 Å². The molecule has 0 atom stereocenters. The third kappa shape index (κ3) is 4.53. The molecule has 130 valence electrons. The fourth-order valence-corrected chi connectivity index (χ4v) is 2.70. The van der Waals surface area contributed by atoms with Gasteiger partial charge in [0, 0.05) is 26.2 Å². The van der Waals surface area contributed by atoms with Gasteiger partial charge in [0.15, 0.2) is 0 Å². The molecule has 0 unspecified atom stereocenters. The molecular weight excluding hydrogens is 313 g/mol. The highest BCUT2D eigenvalue weighted by Crippen LogP contribution is 2.19. The number of likely N-dealkylation sites (tertiary alicyclic amines) is 1. The van der Waals surface area contributed by atoms with Crippen molar-refractivity contribution >= 4 is 17.7 Å². The van der Waals surface area contributed by atoms with E-state index in [1.807, 2.05) is 0 Å². The fourth-order valence-electron chi connectivity index (χ4n) is 2.70. The highest BCUT2D eigenvalue weighted by Gasteiger charge is 2.25. The lowest BCUT2D eigenvalue weighted by molar-refractivity contribution is -0.139. The molecule has 2 N–H and O–H groups in total. The lowest BCUT2D eigenvalue weighted by atomic mass is 9.96. The zero-order valence-corrected chi connectivity index (χ0v) is 13.7. The average molecular weight is 335 g/mol. The van der Waals surface area contributed by atoms with Crippen molar-refractivity contribution in [3.8, 4) is 0 Å². The molecule has 24 heavy (non-hydrogen) atoms. The standard InChI is InChI=1S/C17H22FN3O3/c1-2-19-15(22)16(23)20-11-12-7-9-21(10-8-12)17(24)13-5-3-4-6-14(13)18/h3-6,12H,2,7-11H2,1H3,(H,19,22)(H,20,23). The summed E-state index contributed by atoms with van der Waals surface area (Å²) in [5, 5.41) is 5.05. The summed E-state index contributed by atoms with van der Waals surface area (Å²) >= 11 is 0. The Balaban J connectivity index is 1.79. The van der Waals surface area contributed by atoms with Crippen LogP contribution in [-0.2, 0) is 9.59 Å². The van der Waals surface area contributed by atoms with Gasteiger partial charge < -0.3 is 15.5 Å². The van der Waals surface area contributed by atoms with E-state index in [4.69, 9.17) is 0 Å². The van der Waals surface area contributed by atoms with Crippen molar-refractivity contribution in [2.45, 2.75) is 19.8 Å². The first-order valence-electron chi connectivity index (χ1n) is 8.12. The highest BCUT2D eigenvalue weighted by molar-refractivity contribution is 6.35. The second-order valence-electron chi connectivity index (χ2n) is 5.78. The number of carbonyl (C=O) groups excluding carboxylic acids is 3. The quantitative estimate of drug-likeness (QED) is 0.804. The largest absolute Gasteiger partial charge is 0.348 e. The Morgan fingerprint density at radius 1 is 1.12 bits per heavy atom. The van der Waals surface area contributed by atoms with Crippen LogP contribution < -0.4 is 10.6 Å². The molecule has 0 aromatic heterocycles. The molecule has 0 bridgehead atoms. The maximum atomic E-state index is 13.7. The number of nitrogens with one attached hydrogen (secondary N) is 2. The Morgan fingerprint density at radius 2 is 1.75 bits per heavy atom. The monoisotopic (exact) mass is 335 g/mol. The summed E-state index contributed by atoms with van der Waals surface area (Å²) in [5.74, 6) is -1.89. The predicted molar refractivity (Wildman–Crippen MR) is 86.7 cm³/mol. The van der Waals surface area contributed by atoms with Gasteiger partial charge >= 0.3 is 11.8 Å². The lowest BCUT2D eigenvalue weighted by Crippen LogP contribution is -2.44. The van der Waals surface area contributed by atoms with Crippen molar-refractivity contribution in [1.82, 2.24) is 15.5 Å². The van der Waals surface area contributed by atoms with E-state index in [2.05, 4.69) is 10.6 Å². The topological polar surface area (TPSA) is 78.5 Å². The van der Waals surface area contributed by atoms with Gasteiger partial charge in [-0.2, -0.15) is 0 Å². The Hall–Kier alpha value is -2.44. The smallest absolute Gasteiger partial charge is 0.309 e. The first-order chi connectivity index (χ1) is 11.5. The maximum Gasteiger partial charge on any atom is 0.309 e. The number of piperidine rings is 1. The van der Waals surface area contributed by atoms with Gasteiger partial charge in [0.2, 0.25) is 0 Å². The van der Waals surface area contributed by atoms with Crippen LogP contribution in [0.1, 0.15) is 30.1 Å². The second kappa shape index (κ2) is 8.42. The molecule has 1 aliphatic heterocycles. The molecule has 2 rings (SSSR count). The molecule has 0 spiro atoms. The fraction of sp³-hybridized carbons (Fsp3) is 0.471. The zero-order valence-electron chi connectivity index (χ0n) is 13.7. The van der Waals surface area contributed by atoms with Crippen molar-refractivity contribution < 1.29 is 18.8 Å². The Bertz CT molecular complexity index is 613. The summed E-state index contributed by atoms with van der Waals surface area (Å²) in [6.07, 6.45) is 1.41. The van der Waals surface area contributed by atoms with E-state index in [9.17, 15) is 18.8 Å². The number of likely N-dealkylation sites (N-methyl/N-ethyl adjacent to an activating group) is 1. The van der Waals surface area contributed by atoms with Crippen LogP contribution in [0.15, 0.2) is 24.3 Å². The van der Waals surface area contributed by atoms with E-state index in [0.717, 1.165) is 0 Å². The molecule has 1 aliphatic rings. The first-order valence-corrected chi connectivity index (χ1v) is 8.12. The predicted octanol–water partition coefficient (Wildman–Crippen LogP) is 0.930. The van der Waals surface area contributed by atoms with Crippen LogP contribution in [0, 0.1) is 11.7 Å². The molecule has 1 saturated heterocycles. The summed E-state index contributed by atoms with van der Waals surface area (Å²) < 4.78 is 13.7. The molecule has 0 aliphatic carbocycles. The summed E-state index contributed by atoms with van der Waals surface area (Å²) in [6.45, 7) is 3.57. The molecule has 1 aromatic rings. The highest BCUT2D eigenvalue weighted by atomic mass is 19.1. The summed E-state index contributed by atoms with van der Waals surface area (Å²) in [5.41, 5.74) is 0.0838. The number of hydrogen-bond acceptors (Lipinski definition) is 3. The van der Waals surface area contributed by atoms with E-state index in [1.165, 1.54) is 12.1 Å². The molecule has 1 fully saturated rings. The first kappa shape index (κ1) is 17.9. The Labute approximate surface area is 140 Å². The van der Waals surface area contributed by atoms with E-state index < -0.39 is 17.6 Å². The number of halogens is 1. The Morgan fingerprint density at radius 3 is 2.38 bits per heavy atom. The van der Waals surface area contributed by atoms with Gasteiger partial charge in [-0.05, 0) is 37.8 Å². The maximum absolute atomic E-state index is 13.7.